The van der Waals surface area contributed by atoms with E-state index in [0.29, 0.717) is 22.0 Å². The van der Waals surface area contributed by atoms with E-state index in [2.05, 4.69) is 14.9 Å². The molecule has 0 aliphatic carbocycles. The van der Waals surface area contributed by atoms with E-state index in [-0.39, 0.29) is 4.90 Å². The van der Waals surface area contributed by atoms with Gasteiger partial charge in [-0.1, -0.05) is 23.7 Å². The van der Waals surface area contributed by atoms with Gasteiger partial charge in [0, 0.05) is 5.56 Å². The first-order valence-electron chi connectivity index (χ1n) is 5.48. The Labute approximate surface area is 116 Å². The number of halogens is 1. The molecular weight excluding hydrogens is 286 g/mol. The molecule has 0 spiro atoms. The summed E-state index contributed by atoms with van der Waals surface area (Å²) in [5, 5.41) is 7.96. The van der Waals surface area contributed by atoms with Crippen LogP contribution in [0, 0.1) is 6.92 Å². The van der Waals surface area contributed by atoms with Crippen molar-refractivity contribution in [3.8, 4) is 11.3 Å². The van der Waals surface area contributed by atoms with Gasteiger partial charge in [0.1, 0.15) is 0 Å². The number of aromatic nitrogens is 2. The van der Waals surface area contributed by atoms with Gasteiger partial charge in [-0.25, -0.2) is 13.1 Å². The molecule has 0 fully saturated rings. The van der Waals surface area contributed by atoms with E-state index in [4.69, 9.17) is 11.6 Å². The minimum absolute atomic E-state index is 0.226. The van der Waals surface area contributed by atoms with Crippen LogP contribution < -0.4 is 4.72 Å². The van der Waals surface area contributed by atoms with Gasteiger partial charge >= 0.3 is 0 Å². The maximum atomic E-state index is 11.9. The number of aryl methyl sites for hydroxylation is 1. The van der Waals surface area contributed by atoms with Crippen molar-refractivity contribution in [1.29, 1.82) is 0 Å². The normalized spacial score (nSPS) is 11.5. The number of nitrogens with zero attached hydrogens (tertiary/aromatic N) is 2. The minimum Gasteiger partial charge on any atom is -0.214 e. The SMILES string of the molecule is CNS(=O)(=O)c1cc(-c2ccc(Cl)nn2)ccc1C. The number of rotatable bonds is 3. The second kappa shape index (κ2) is 5.24. The van der Waals surface area contributed by atoms with Gasteiger partial charge in [-0.15, -0.1) is 10.2 Å². The second-order valence-electron chi connectivity index (χ2n) is 3.93. The molecule has 0 bridgehead atoms. The van der Waals surface area contributed by atoms with Gasteiger partial charge in [-0.3, -0.25) is 0 Å². The van der Waals surface area contributed by atoms with Crippen LogP contribution in [0.2, 0.25) is 5.15 Å². The molecule has 2 aromatic rings. The van der Waals surface area contributed by atoms with Crippen LogP contribution in [0.5, 0.6) is 0 Å². The van der Waals surface area contributed by atoms with Gasteiger partial charge in [0.05, 0.1) is 10.6 Å². The Bertz CT molecular complexity index is 699. The van der Waals surface area contributed by atoms with Crippen molar-refractivity contribution in [1.82, 2.24) is 14.9 Å². The van der Waals surface area contributed by atoms with Crippen LogP contribution in [0.25, 0.3) is 11.3 Å². The lowest BCUT2D eigenvalue weighted by molar-refractivity contribution is 0.587. The number of nitrogens with one attached hydrogen (secondary N) is 1. The number of sulfonamides is 1. The topological polar surface area (TPSA) is 72.0 Å². The Morgan fingerprint density at radius 2 is 1.89 bits per heavy atom. The molecule has 2 rings (SSSR count). The zero-order chi connectivity index (χ0) is 14.0. The van der Waals surface area contributed by atoms with Crippen molar-refractivity contribution >= 4 is 21.6 Å². The standard InChI is InChI=1S/C12H12ClN3O2S/c1-8-3-4-9(7-11(8)19(17,18)14-2)10-5-6-12(13)16-15-10/h3-7,14H,1-2H3. The van der Waals surface area contributed by atoms with E-state index >= 15 is 0 Å². The first kappa shape index (κ1) is 13.9. The summed E-state index contributed by atoms with van der Waals surface area (Å²) < 4.78 is 26.1. The van der Waals surface area contributed by atoms with Crippen molar-refractivity contribution in [3.05, 3.63) is 41.0 Å². The fraction of sp³-hybridized carbons (Fsp3) is 0.167. The highest BCUT2D eigenvalue weighted by Gasteiger charge is 2.15. The van der Waals surface area contributed by atoms with E-state index in [9.17, 15) is 8.42 Å². The van der Waals surface area contributed by atoms with Gasteiger partial charge in [-0.2, -0.15) is 0 Å². The summed E-state index contributed by atoms with van der Waals surface area (Å²) in [6.07, 6.45) is 0. The first-order valence-corrected chi connectivity index (χ1v) is 7.34. The summed E-state index contributed by atoms with van der Waals surface area (Å²) in [4.78, 5) is 0.226. The Morgan fingerprint density at radius 1 is 1.16 bits per heavy atom. The number of hydrogen-bond donors (Lipinski definition) is 1. The quantitative estimate of drug-likeness (QED) is 0.940. The Morgan fingerprint density at radius 3 is 2.47 bits per heavy atom. The van der Waals surface area contributed by atoms with E-state index in [1.54, 1.807) is 37.3 Å². The maximum absolute atomic E-state index is 11.9. The van der Waals surface area contributed by atoms with Crippen LogP contribution in [-0.2, 0) is 10.0 Å². The molecule has 0 saturated carbocycles. The number of hydrogen-bond acceptors (Lipinski definition) is 4. The van der Waals surface area contributed by atoms with Crippen LogP contribution in [0.3, 0.4) is 0 Å². The molecule has 100 valence electrons. The van der Waals surface area contributed by atoms with Gasteiger partial charge < -0.3 is 0 Å². The molecule has 1 N–H and O–H groups in total. The van der Waals surface area contributed by atoms with E-state index in [0.717, 1.165) is 0 Å². The van der Waals surface area contributed by atoms with Crippen molar-refractivity contribution in [2.75, 3.05) is 7.05 Å². The highest BCUT2D eigenvalue weighted by atomic mass is 35.5. The lowest BCUT2D eigenvalue weighted by atomic mass is 10.1. The summed E-state index contributed by atoms with van der Waals surface area (Å²) >= 11 is 5.67. The van der Waals surface area contributed by atoms with Crippen LogP contribution in [0.15, 0.2) is 35.2 Å². The third-order valence-electron chi connectivity index (χ3n) is 2.67. The van der Waals surface area contributed by atoms with Gasteiger partial charge in [0.2, 0.25) is 10.0 Å². The Kier molecular flexibility index (Phi) is 3.84. The fourth-order valence-electron chi connectivity index (χ4n) is 1.63. The summed E-state index contributed by atoms with van der Waals surface area (Å²) in [6.45, 7) is 1.74. The third kappa shape index (κ3) is 2.91. The largest absolute Gasteiger partial charge is 0.240 e. The molecule has 1 heterocycles. The van der Waals surface area contributed by atoms with E-state index in [1.807, 2.05) is 0 Å². The molecular formula is C12H12ClN3O2S. The van der Waals surface area contributed by atoms with Crippen LogP contribution in [0.4, 0.5) is 0 Å². The lowest BCUT2D eigenvalue weighted by Gasteiger charge is -2.08. The smallest absolute Gasteiger partial charge is 0.214 e. The Balaban J connectivity index is 2.56. The molecule has 1 aromatic carbocycles. The van der Waals surface area contributed by atoms with Gasteiger partial charge in [0.15, 0.2) is 5.15 Å². The molecule has 19 heavy (non-hydrogen) atoms. The predicted octanol–water partition coefficient (Wildman–Crippen LogP) is 2.01. The highest BCUT2D eigenvalue weighted by molar-refractivity contribution is 7.89. The molecule has 0 radical (unpaired) electrons. The highest BCUT2D eigenvalue weighted by Crippen LogP contribution is 2.23. The molecule has 0 saturated heterocycles. The zero-order valence-electron chi connectivity index (χ0n) is 10.4. The van der Waals surface area contributed by atoms with Crippen LogP contribution >= 0.6 is 11.6 Å². The van der Waals surface area contributed by atoms with Crippen LogP contribution in [0.1, 0.15) is 5.56 Å². The average molecular weight is 298 g/mol. The minimum atomic E-state index is -3.49. The molecule has 5 nitrogen and oxygen atoms in total. The summed E-state index contributed by atoms with van der Waals surface area (Å²) in [5.41, 5.74) is 1.90. The van der Waals surface area contributed by atoms with Crippen molar-refractivity contribution in [2.45, 2.75) is 11.8 Å². The Hall–Kier alpha value is -1.50. The molecule has 1 aromatic heterocycles. The summed E-state index contributed by atoms with van der Waals surface area (Å²) in [7, 11) is -2.11. The molecule has 0 unspecified atom stereocenters. The van der Waals surface area contributed by atoms with Gasteiger partial charge in [-0.05, 0) is 37.7 Å². The van der Waals surface area contributed by atoms with E-state index < -0.39 is 10.0 Å². The molecule has 7 heteroatoms. The monoisotopic (exact) mass is 297 g/mol. The molecule has 0 aliphatic heterocycles. The van der Waals surface area contributed by atoms with Gasteiger partial charge in [0.25, 0.3) is 0 Å². The predicted molar refractivity (Wildman–Crippen MR) is 73.5 cm³/mol. The molecule has 0 atom stereocenters. The fourth-order valence-corrected chi connectivity index (χ4v) is 2.72. The lowest BCUT2D eigenvalue weighted by Crippen LogP contribution is -2.19. The first-order chi connectivity index (χ1) is 8.94. The molecule has 0 amide bonds. The number of benzene rings is 1. The zero-order valence-corrected chi connectivity index (χ0v) is 12.0. The van der Waals surface area contributed by atoms with Crippen molar-refractivity contribution in [3.63, 3.8) is 0 Å². The second-order valence-corrected chi connectivity index (χ2v) is 6.17. The average Bonchev–Trinajstić information content (AvgIpc) is 2.40. The van der Waals surface area contributed by atoms with Crippen molar-refractivity contribution in [2.24, 2.45) is 0 Å². The third-order valence-corrected chi connectivity index (χ3v) is 4.43. The molecule has 0 aliphatic rings. The van der Waals surface area contributed by atoms with Crippen molar-refractivity contribution < 1.29 is 8.42 Å². The van der Waals surface area contributed by atoms with E-state index in [1.165, 1.54) is 7.05 Å². The summed E-state index contributed by atoms with van der Waals surface area (Å²) in [5.74, 6) is 0. The maximum Gasteiger partial charge on any atom is 0.240 e. The summed E-state index contributed by atoms with van der Waals surface area (Å²) in [6, 6.07) is 8.39. The van der Waals surface area contributed by atoms with Crippen LogP contribution in [-0.4, -0.2) is 25.7 Å².